The Morgan fingerprint density at radius 1 is 0.692 bits per heavy atom. The fourth-order valence-electron chi connectivity index (χ4n) is 5.36. The summed E-state index contributed by atoms with van der Waals surface area (Å²) in [7, 11) is -6.90. The zero-order chi connectivity index (χ0) is 35.8. The van der Waals surface area contributed by atoms with Crippen molar-refractivity contribution >= 4 is 70.2 Å². The van der Waals surface area contributed by atoms with Gasteiger partial charge in [0.1, 0.15) is 48.8 Å². The molecule has 0 saturated carbocycles. The molecule has 0 aromatic heterocycles. The number of ketones is 1. The van der Waals surface area contributed by atoms with Crippen LogP contribution in [0.15, 0.2) is 117 Å². The number of carbonyl (C=O) groups excluding carboxylic acids is 1. The summed E-state index contributed by atoms with van der Waals surface area (Å²) in [5.41, 5.74) is 10.8. The van der Waals surface area contributed by atoms with Crippen molar-refractivity contribution < 1.29 is 99.3 Å². The maximum Gasteiger partial charge on any atom is 1.00 e. The summed E-state index contributed by atoms with van der Waals surface area (Å²) >= 11 is 0. The summed E-state index contributed by atoms with van der Waals surface area (Å²) in [4.78, 5) is 12.0. The molecule has 0 spiro atoms. The summed E-state index contributed by atoms with van der Waals surface area (Å²) in [6.45, 7) is 0. The van der Waals surface area contributed by atoms with Crippen molar-refractivity contribution in [3.8, 4) is 22.6 Å². The topological polar surface area (TPSA) is 225 Å². The zero-order valence-electron chi connectivity index (χ0n) is 28.1. The molecule has 52 heavy (non-hydrogen) atoms. The Morgan fingerprint density at radius 2 is 1.27 bits per heavy atom. The predicted octanol–water partition coefficient (Wildman–Crippen LogP) is -0.0158. The quantitative estimate of drug-likeness (QED) is 0.0668. The van der Waals surface area contributed by atoms with Crippen molar-refractivity contribution in [1.29, 1.82) is 0 Å². The number of methoxy groups -OCH3 is 2. The van der Waals surface area contributed by atoms with Crippen LogP contribution in [0.4, 0.5) is 22.7 Å². The maximum absolute atomic E-state index is 13.0. The largest absolute Gasteiger partial charge is 1.00 e. The fraction of sp³-hybridized carbons (Fsp3) is 0.0588. The van der Waals surface area contributed by atoms with E-state index in [1.165, 1.54) is 38.5 Å². The molecule has 0 fully saturated rings. The number of allylic oxidation sites excluding steroid dienone is 1. The number of azo groups is 1. The van der Waals surface area contributed by atoms with E-state index in [4.69, 9.17) is 15.2 Å². The van der Waals surface area contributed by atoms with Crippen LogP contribution >= 0.6 is 0 Å². The predicted molar refractivity (Wildman–Crippen MR) is 185 cm³/mol. The number of ether oxygens (including phenoxy) is 2. The average Bonchev–Trinajstić information content (AvgIpc) is 3.10. The van der Waals surface area contributed by atoms with Crippen LogP contribution in [0.5, 0.6) is 11.5 Å². The van der Waals surface area contributed by atoms with Gasteiger partial charge in [0.05, 0.1) is 35.4 Å². The molecule has 18 heteroatoms. The van der Waals surface area contributed by atoms with E-state index >= 15 is 0 Å². The van der Waals surface area contributed by atoms with Gasteiger partial charge in [0.2, 0.25) is 5.78 Å². The van der Waals surface area contributed by atoms with Gasteiger partial charge in [0, 0.05) is 21.9 Å². The molecule has 0 atom stereocenters. The summed E-state index contributed by atoms with van der Waals surface area (Å²) < 4.78 is 82.8. The van der Waals surface area contributed by atoms with E-state index in [-0.39, 0.29) is 98.4 Å². The third-order valence-electron chi connectivity index (χ3n) is 7.78. The molecular weight excluding hydrogens is 733 g/mol. The van der Waals surface area contributed by atoms with E-state index < -0.39 is 35.8 Å². The van der Waals surface area contributed by atoms with E-state index in [0.29, 0.717) is 33.7 Å². The average molecular weight is 758 g/mol. The summed E-state index contributed by atoms with van der Waals surface area (Å²) in [5, 5.41) is 13.0. The van der Waals surface area contributed by atoms with Crippen molar-refractivity contribution in [3.63, 3.8) is 0 Å². The second kappa shape index (κ2) is 16.4. The number of fused-ring (bicyclic) bond motifs is 2. The molecule has 0 aliphatic heterocycles. The van der Waals surface area contributed by atoms with Crippen LogP contribution in [0.25, 0.3) is 26.8 Å². The number of nitrogens with one attached hydrogen (secondary N) is 1. The molecule has 0 heterocycles. The van der Waals surface area contributed by atoms with Gasteiger partial charge in [-0.3, -0.25) is 10.2 Å². The van der Waals surface area contributed by atoms with Crippen molar-refractivity contribution in [2.24, 2.45) is 15.3 Å². The number of rotatable bonds is 9. The van der Waals surface area contributed by atoms with Gasteiger partial charge in [-0.15, -0.1) is 10.2 Å². The Bertz CT molecular complexity index is 2540. The van der Waals surface area contributed by atoms with Crippen LogP contribution in [0.1, 0.15) is 15.9 Å². The number of Topliss-reactive ketones (excluding diaryl/α,β-unsaturated/α-hetero) is 1. The zero-order valence-corrected chi connectivity index (χ0v) is 33.8. The molecule has 0 bridgehead atoms. The molecule has 0 saturated heterocycles. The van der Waals surface area contributed by atoms with Crippen molar-refractivity contribution in [2.45, 2.75) is 4.90 Å². The molecular formula is C34H25N5Na2O9S2. The van der Waals surface area contributed by atoms with Crippen LogP contribution in [-0.4, -0.2) is 51.7 Å². The van der Waals surface area contributed by atoms with Crippen LogP contribution in [-0.2, 0) is 20.2 Å². The number of hydrogen-bond acceptors (Lipinski definition) is 14. The Hall–Kier alpha value is -3.94. The second-order valence-electron chi connectivity index (χ2n) is 10.8. The molecule has 1 aliphatic rings. The number of nitrogens with two attached hydrogens (primary N) is 1. The SMILES string of the molecule is COc1cc(-c2ccc(N/N=C3\C=C(S(=O)(=O)[O-])c4ccccc4C3=O)c(OC)c2)ccc1N=Nc1cc(S(=O)(=O)[O-])c2ccccc2c1N.[Na+].[Na+]. The van der Waals surface area contributed by atoms with Gasteiger partial charge >= 0.3 is 59.1 Å². The Kier molecular flexibility index (Phi) is 12.9. The van der Waals surface area contributed by atoms with Crippen LogP contribution in [0.3, 0.4) is 0 Å². The van der Waals surface area contributed by atoms with E-state index in [9.17, 15) is 30.7 Å². The number of benzene rings is 5. The smallest absolute Gasteiger partial charge is 0.744 e. The molecule has 1 aliphatic carbocycles. The first-order valence-electron chi connectivity index (χ1n) is 14.5. The van der Waals surface area contributed by atoms with E-state index in [1.54, 1.807) is 60.7 Å². The minimum absolute atomic E-state index is 0. The number of carbonyl (C=O) groups is 1. The standard InChI is InChI=1S/C34H27N5O9S2.2Na/c1-47-29-15-19(11-13-25(29)36-38-27-17-31(49(41,42)43)21-7-3-5-9-23(21)33(27)35)20-12-14-26(30(16-20)48-2)37-39-28-18-32(50(44,45)46)22-8-4-6-10-24(22)34(28)40;;/h3-18,37H,35H2,1-2H3,(H,41,42,43)(H,44,45,46);;/q;2*+1/p-2/b38-36?,39-28+;;. The Labute approximate surface area is 342 Å². The van der Waals surface area contributed by atoms with Gasteiger partial charge in [-0.2, -0.15) is 5.10 Å². The number of hydrogen-bond donors (Lipinski definition) is 2. The molecule has 5 aromatic carbocycles. The van der Waals surface area contributed by atoms with E-state index in [2.05, 4.69) is 20.8 Å². The van der Waals surface area contributed by atoms with Gasteiger partial charge in [-0.1, -0.05) is 60.7 Å². The van der Waals surface area contributed by atoms with Gasteiger partial charge in [-0.05, 0) is 47.5 Å². The second-order valence-corrected chi connectivity index (χ2v) is 13.5. The molecule has 6 rings (SSSR count). The van der Waals surface area contributed by atoms with E-state index in [0.717, 1.165) is 12.1 Å². The van der Waals surface area contributed by atoms with Crippen molar-refractivity contribution in [1.82, 2.24) is 0 Å². The minimum atomic E-state index is -4.91. The third-order valence-corrected chi connectivity index (χ3v) is 9.53. The summed E-state index contributed by atoms with van der Waals surface area (Å²) in [6.07, 6.45) is 0.936. The molecule has 0 amide bonds. The Morgan fingerprint density at radius 3 is 1.90 bits per heavy atom. The fourth-order valence-corrected chi connectivity index (χ4v) is 6.77. The minimum Gasteiger partial charge on any atom is -0.744 e. The molecule has 3 N–H and O–H groups in total. The van der Waals surface area contributed by atoms with Gasteiger partial charge in [-0.25, -0.2) is 16.8 Å². The monoisotopic (exact) mass is 757 g/mol. The van der Waals surface area contributed by atoms with Crippen molar-refractivity contribution in [2.75, 3.05) is 25.4 Å². The number of anilines is 2. The molecule has 14 nitrogen and oxygen atoms in total. The molecule has 0 unspecified atom stereocenters. The normalized spacial score (nSPS) is 13.6. The summed E-state index contributed by atoms with van der Waals surface area (Å²) in [5.74, 6) is 0.0521. The summed E-state index contributed by atoms with van der Waals surface area (Å²) in [6, 6.07) is 23.3. The Balaban J connectivity index is 0.00000302. The number of hydrazone groups is 1. The van der Waals surface area contributed by atoms with Crippen LogP contribution in [0.2, 0.25) is 0 Å². The van der Waals surface area contributed by atoms with Crippen molar-refractivity contribution in [3.05, 3.63) is 108 Å². The number of nitrogen functional groups attached to an aromatic ring is 1. The van der Waals surface area contributed by atoms with Crippen LogP contribution in [0, 0.1) is 0 Å². The van der Waals surface area contributed by atoms with E-state index in [1.807, 2.05) is 0 Å². The first-order chi connectivity index (χ1) is 23.8. The third kappa shape index (κ3) is 8.31. The molecule has 5 aromatic rings. The first-order valence-corrected chi connectivity index (χ1v) is 17.3. The maximum atomic E-state index is 13.0. The van der Waals surface area contributed by atoms with Gasteiger partial charge < -0.3 is 24.3 Å². The van der Waals surface area contributed by atoms with Crippen LogP contribution < -0.4 is 79.7 Å². The first kappa shape index (κ1) is 40.8. The molecule has 0 radical (unpaired) electrons. The van der Waals surface area contributed by atoms with Gasteiger partial charge in [0.15, 0.2) is 0 Å². The van der Waals surface area contributed by atoms with Gasteiger partial charge in [0.25, 0.3) is 0 Å². The number of nitrogens with zero attached hydrogens (tertiary/aromatic N) is 3. The molecule has 254 valence electrons.